The highest BCUT2D eigenvalue weighted by Gasteiger charge is 2.29. The predicted octanol–water partition coefficient (Wildman–Crippen LogP) is 14.4. The van der Waals surface area contributed by atoms with E-state index in [0.717, 1.165) is 4.48 Å². The monoisotopic (exact) mass is 790 g/mol. The fourth-order valence-corrected chi connectivity index (χ4v) is 8.48. The first-order chi connectivity index (χ1) is 27.0. The molecule has 0 amide bonds. The summed E-state index contributed by atoms with van der Waals surface area (Å²) in [4.78, 5) is 2.37. The second kappa shape index (κ2) is 38.5. The Labute approximate surface area is 356 Å². The maximum atomic E-state index is 2.62. The molecule has 0 rings (SSSR count). The molecule has 56 heavy (non-hydrogen) atoms. The molecule has 334 valence electrons. The summed E-state index contributed by atoms with van der Waals surface area (Å²) in [6, 6.07) is 0. The van der Waals surface area contributed by atoms with Crippen LogP contribution >= 0.6 is 0 Å². The largest absolute Gasteiger partial charge is 0.331 e. The van der Waals surface area contributed by atoms with Gasteiger partial charge in [-0.15, -0.1) is 0 Å². The van der Waals surface area contributed by atoms with E-state index in [0.29, 0.717) is 0 Å². The van der Waals surface area contributed by atoms with Crippen LogP contribution in [0, 0.1) is 0 Å². The Morgan fingerprint density at radius 2 is 0.589 bits per heavy atom. The van der Waals surface area contributed by atoms with E-state index in [1.165, 1.54) is 260 Å². The summed E-state index contributed by atoms with van der Waals surface area (Å²) in [6.07, 6.45) is 52.9. The van der Waals surface area contributed by atoms with Crippen molar-refractivity contribution in [2.75, 3.05) is 102 Å². The van der Waals surface area contributed by atoms with Gasteiger partial charge in [-0.3, -0.25) is 0 Å². The summed E-state index contributed by atoms with van der Waals surface area (Å²) in [7, 11) is 16.8. The van der Waals surface area contributed by atoms with Crippen molar-refractivity contribution < 1.29 is 13.4 Å². The van der Waals surface area contributed by atoms with Gasteiger partial charge in [-0.2, -0.15) is 0 Å². The Balaban J connectivity index is 4.69. The average Bonchev–Trinajstić information content (AvgIpc) is 3.15. The lowest BCUT2D eigenvalue weighted by Gasteiger charge is -2.41. The highest BCUT2D eigenvalue weighted by molar-refractivity contribution is 4.82. The van der Waals surface area contributed by atoms with Crippen molar-refractivity contribution in [3.05, 3.63) is 24.3 Å². The third-order valence-electron chi connectivity index (χ3n) is 12.7. The molecule has 4 heteroatoms. The lowest BCUT2D eigenvalue weighted by atomic mass is 10.1. The van der Waals surface area contributed by atoms with E-state index in [1.54, 1.807) is 0 Å². The van der Waals surface area contributed by atoms with Gasteiger partial charge in [0, 0.05) is 6.42 Å². The number of unbranched alkanes of at least 4 members (excludes halogenated alkanes) is 25. The first-order valence-corrected chi connectivity index (χ1v) is 25.4. The number of hydrogen-bond acceptors (Lipinski definition) is 1. The van der Waals surface area contributed by atoms with E-state index in [9.17, 15) is 0 Å². The molecule has 0 saturated carbocycles. The molecule has 0 fully saturated rings. The van der Waals surface area contributed by atoms with Crippen LogP contribution in [0.1, 0.15) is 213 Å². The molecule has 0 spiro atoms. The van der Waals surface area contributed by atoms with Crippen molar-refractivity contribution in [3.63, 3.8) is 0 Å². The fraction of sp³-hybridized carbons (Fsp3) is 0.923. The summed E-state index contributed by atoms with van der Waals surface area (Å²) >= 11 is 0. The first kappa shape index (κ1) is 55.3. The molecule has 0 heterocycles. The lowest BCUT2D eigenvalue weighted by Crippen LogP contribution is -2.56. The van der Waals surface area contributed by atoms with Crippen LogP contribution in [0.25, 0.3) is 0 Å². The lowest BCUT2D eigenvalue weighted by molar-refractivity contribution is -0.965. The maximum Gasteiger partial charge on any atom is 0.128 e. The molecule has 0 N–H and O–H groups in total. The van der Waals surface area contributed by atoms with E-state index in [2.05, 4.69) is 92.4 Å². The molecule has 0 aliphatic carbocycles. The maximum absolute atomic E-state index is 2.62. The summed E-state index contributed by atoms with van der Waals surface area (Å²) in [5, 5.41) is 0. The summed E-state index contributed by atoms with van der Waals surface area (Å²) in [5.41, 5.74) is 0. The smallest absolute Gasteiger partial charge is 0.128 e. The average molecular weight is 790 g/mol. The number of allylic oxidation sites excluding steroid dienone is 4. The van der Waals surface area contributed by atoms with Gasteiger partial charge < -0.3 is 18.3 Å². The molecule has 0 saturated heterocycles. The van der Waals surface area contributed by atoms with Gasteiger partial charge in [-0.1, -0.05) is 141 Å². The van der Waals surface area contributed by atoms with Gasteiger partial charge in [0.15, 0.2) is 0 Å². The number of rotatable bonds is 44. The van der Waals surface area contributed by atoms with E-state index in [1.807, 2.05) is 0 Å². The van der Waals surface area contributed by atoms with Crippen LogP contribution in [0.5, 0.6) is 0 Å². The summed E-state index contributed by atoms with van der Waals surface area (Å²) in [6.45, 7) is 15.2. The minimum absolute atomic E-state index is 1.09. The SMILES string of the molecule is CCCCCCCCC=CCCCCCCCC[N+](C)(CCCCN(C)C)CC[N+](C)(CCCCCCCCC=CCCCCCCCC)CCC[N+](C)(C)C. The minimum atomic E-state index is 1.09. The minimum Gasteiger partial charge on any atom is -0.331 e. The van der Waals surface area contributed by atoms with E-state index in [4.69, 9.17) is 0 Å². The third-order valence-corrected chi connectivity index (χ3v) is 12.7. The molecular weight excluding hydrogens is 681 g/mol. The molecule has 0 aromatic rings. The first-order valence-electron chi connectivity index (χ1n) is 25.4. The van der Waals surface area contributed by atoms with Gasteiger partial charge >= 0.3 is 0 Å². The van der Waals surface area contributed by atoms with Gasteiger partial charge in [0.1, 0.15) is 13.1 Å². The van der Waals surface area contributed by atoms with Crippen molar-refractivity contribution in [2.24, 2.45) is 0 Å². The third kappa shape index (κ3) is 40.1. The zero-order valence-corrected chi connectivity index (χ0v) is 40.7. The quantitative estimate of drug-likeness (QED) is 0.0338. The Morgan fingerprint density at radius 1 is 0.304 bits per heavy atom. The van der Waals surface area contributed by atoms with E-state index >= 15 is 0 Å². The Morgan fingerprint density at radius 3 is 0.911 bits per heavy atom. The molecule has 0 aromatic carbocycles. The molecule has 0 aromatic heterocycles. The van der Waals surface area contributed by atoms with Crippen molar-refractivity contribution in [1.29, 1.82) is 0 Å². The molecule has 2 atom stereocenters. The zero-order chi connectivity index (χ0) is 41.5. The van der Waals surface area contributed by atoms with Crippen molar-refractivity contribution in [3.8, 4) is 0 Å². The number of quaternary nitrogens is 3. The summed E-state index contributed by atoms with van der Waals surface area (Å²) < 4.78 is 3.65. The standard InChI is InChI=1S/C52H109N4/c1-10-12-14-16-18-20-22-24-26-28-30-32-34-36-38-41-47-55(8,49-43-40-45-53(3)4)51-52-56(9,50-44-46-54(5,6)7)48-42-39-37-35-33-31-29-27-25-23-21-19-17-15-13-11-2/h24-27H,10-23,28-52H2,1-9H3/q+3. The zero-order valence-electron chi connectivity index (χ0n) is 40.7. The van der Waals surface area contributed by atoms with Gasteiger partial charge in [0.05, 0.1) is 68.0 Å². The van der Waals surface area contributed by atoms with Crippen molar-refractivity contribution in [2.45, 2.75) is 213 Å². The second-order valence-corrected chi connectivity index (χ2v) is 20.3. The highest BCUT2D eigenvalue weighted by Crippen LogP contribution is 2.18. The Kier molecular flexibility index (Phi) is 38.0. The molecule has 4 nitrogen and oxygen atoms in total. The van der Waals surface area contributed by atoms with Crippen LogP contribution < -0.4 is 0 Å². The Hall–Kier alpha value is -0.680. The normalized spacial score (nSPS) is 14.8. The summed E-state index contributed by atoms with van der Waals surface area (Å²) in [5.74, 6) is 0. The van der Waals surface area contributed by atoms with Crippen molar-refractivity contribution in [1.82, 2.24) is 4.90 Å². The fourth-order valence-electron chi connectivity index (χ4n) is 8.48. The second-order valence-electron chi connectivity index (χ2n) is 20.3. The topological polar surface area (TPSA) is 3.24 Å². The van der Waals surface area contributed by atoms with E-state index < -0.39 is 0 Å². The molecule has 0 aliphatic heterocycles. The van der Waals surface area contributed by atoms with Crippen molar-refractivity contribution >= 4 is 0 Å². The predicted molar refractivity (Wildman–Crippen MR) is 256 cm³/mol. The highest BCUT2D eigenvalue weighted by atomic mass is 15.4. The van der Waals surface area contributed by atoms with Crippen LogP contribution in [-0.2, 0) is 0 Å². The van der Waals surface area contributed by atoms with E-state index in [-0.39, 0.29) is 0 Å². The van der Waals surface area contributed by atoms with Gasteiger partial charge in [-0.25, -0.2) is 0 Å². The molecule has 2 unspecified atom stereocenters. The molecule has 0 bridgehead atoms. The number of hydrogen-bond donors (Lipinski definition) is 0. The van der Waals surface area contributed by atoms with Crippen LogP contribution in [-0.4, -0.2) is 120 Å². The molecule has 0 radical (unpaired) electrons. The Bertz CT molecular complexity index is 859. The van der Waals surface area contributed by atoms with Crippen LogP contribution in [0.4, 0.5) is 0 Å². The van der Waals surface area contributed by atoms with Crippen LogP contribution in [0.2, 0.25) is 0 Å². The van der Waals surface area contributed by atoms with Gasteiger partial charge in [0.25, 0.3) is 0 Å². The number of nitrogens with zero attached hydrogens (tertiary/aromatic N) is 4. The van der Waals surface area contributed by atoms with Gasteiger partial charge in [-0.05, 0) is 111 Å². The molecular formula is C52H109N4+3. The number of likely N-dealkylation sites (N-methyl/N-ethyl adjacent to an activating group) is 2. The van der Waals surface area contributed by atoms with Crippen LogP contribution in [0.15, 0.2) is 24.3 Å². The molecule has 0 aliphatic rings. The van der Waals surface area contributed by atoms with Gasteiger partial charge in [0.2, 0.25) is 0 Å². The van der Waals surface area contributed by atoms with Crippen LogP contribution in [0.3, 0.4) is 0 Å².